The molecule has 0 saturated heterocycles. The third kappa shape index (κ3) is 3.05. The van der Waals surface area contributed by atoms with Crippen LogP contribution >= 0.6 is 0 Å². The van der Waals surface area contributed by atoms with Gasteiger partial charge in [0.15, 0.2) is 5.82 Å². The smallest absolute Gasteiger partial charge is 0.259 e. The molecule has 0 unspecified atom stereocenters. The lowest BCUT2D eigenvalue weighted by Crippen LogP contribution is -2.14. The van der Waals surface area contributed by atoms with Crippen molar-refractivity contribution < 1.29 is 4.79 Å². The Labute approximate surface area is 143 Å². The lowest BCUT2D eigenvalue weighted by molar-refractivity contribution is 0.102. The zero-order valence-corrected chi connectivity index (χ0v) is 13.1. The minimum absolute atomic E-state index is 0.276. The first-order chi connectivity index (χ1) is 12.3. The van der Waals surface area contributed by atoms with E-state index >= 15 is 0 Å². The van der Waals surface area contributed by atoms with Gasteiger partial charge in [-0.15, -0.1) is 5.10 Å². The second kappa shape index (κ2) is 6.45. The molecule has 0 atom stereocenters. The van der Waals surface area contributed by atoms with Crippen LogP contribution in [0.25, 0.3) is 22.2 Å². The molecule has 1 amide bonds. The van der Waals surface area contributed by atoms with Crippen LogP contribution in [0, 0.1) is 0 Å². The van der Waals surface area contributed by atoms with Gasteiger partial charge in [0.05, 0.1) is 16.8 Å². The topological polar surface area (TPSA) is 80.7 Å². The molecule has 120 valence electrons. The highest BCUT2D eigenvalue weighted by atomic mass is 16.1. The molecule has 1 aromatic carbocycles. The summed E-state index contributed by atoms with van der Waals surface area (Å²) in [5, 5.41) is 11.3. The van der Waals surface area contributed by atoms with Crippen LogP contribution in [0.15, 0.2) is 73.2 Å². The molecular formula is C19H13N5O. The third-order valence-corrected chi connectivity index (χ3v) is 3.74. The van der Waals surface area contributed by atoms with Gasteiger partial charge in [0, 0.05) is 29.5 Å². The van der Waals surface area contributed by atoms with Gasteiger partial charge >= 0.3 is 0 Å². The van der Waals surface area contributed by atoms with Crippen LogP contribution in [-0.2, 0) is 0 Å². The number of anilines is 1. The van der Waals surface area contributed by atoms with Crippen molar-refractivity contribution >= 4 is 22.6 Å². The number of carbonyl (C=O) groups is 1. The van der Waals surface area contributed by atoms with Gasteiger partial charge in [0.25, 0.3) is 5.91 Å². The van der Waals surface area contributed by atoms with Gasteiger partial charge in [-0.25, -0.2) is 4.98 Å². The van der Waals surface area contributed by atoms with Gasteiger partial charge in [-0.1, -0.05) is 18.2 Å². The molecule has 0 fully saturated rings. The Balaban J connectivity index is 1.77. The van der Waals surface area contributed by atoms with Crippen molar-refractivity contribution in [3.63, 3.8) is 0 Å². The Morgan fingerprint density at radius 1 is 0.920 bits per heavy atom. The number of pyridine rings is 2. The minimum Gasteiger partial charge on any atom is -0.305 e. The summed E-state index contributed by atoms with van der Waals surface area (Å²) in [6.45, 7) is 0. The SMILES string of the molecule is O=C(Nc1cccnn1)c1cccc2ccc(-c3cccnc3)nc12. The Hall–Kier alpha value is -3.67. The average Bonchev–Trinajstić information content (AvgIpc) is 2.68. The third-order valence-electron chi connectivity index (χ3n) is 3.74. The molecule has 0 aliphatic carbocycles. The van der Waals surface area contributed by atoms with Crippen molar-refractivity contribution in [1.82, 2.24) is 20.2 Å². The molecule has 0 saturated carbocycles. The van der Waals surface area contributed by atoms with Crippen LogP contribution in [0.5, 0.6) is 0 Å². The van der Waals surface area contributed by atoms with E-state index in [1.807, 2.05) is 36.4 Å². The van der Waals surface area contributed by atoms with Gasteiger partial charge in [-0.3, -0.25) is 9.78 Å². The molecule has 6 heteroatoms. The number of aromatic nitrogens is 4. The molecule has 25 heavy (non-hydrogen) atoms. The first kappa shape index (κ1) is 14.9. The highest BCUT2D eigenvalue weighted by molar-refractivity contribution is 6.11. The second-order valence-electron chi connectivity index (χ2n) is 5.38. The summed E-state index contributed by atoms with van der Waals surface area (Å²) >= 11 is 0. The van der Waals surface area contributed by atoms with Crippen LogP contribution in [-0.4, -0.2) is 26.1 Å². The lowest BCUT2D eigenvalue weighted by Gasteiger charge is -2.08. The van der Waals surface area contributed by atoms with Crippen molar-refractivity contribution in [3.8, 4) is 11.3 Å². The standard InChI is InChI=1S/C19H13N5O/c25-19(23-17-7-3-11-21-24-17)15-6-1-4-13-8-9-16(22-18(13)15)14-5-2-10-20-12-14/h1-12H,(H,23,24,25). The van der Waals surface area contributed by atoms with E-state index in [1.54, 1.807) is 36.8 Å². The van der Waals surface area contributed by atoms with Crippen molar-refractivity contribution in [2.24, 2.45) is 0 Å². The number of para-hydroxylation sites is 1. The predicted molar refractivity (Wildman–Crippen MR) is 95.0 cm³/mol. The zero-order valence-electron chi connectivity index (χ0n) is 13.1. The maximum atomic E-state index is 12.6. The van der Waals surface area contributed by atoms with Crippen LogP contribution < -0.4 is 5.32 Å². The van der Waals surface area contributed by atoms with E-state index in [0.717, 1.165) is 16.6 Å². The van der Waals surface area contributed by atoms with Crippen LogP contribution in [0.2, 0.25) is 0 Å². The van der Waals surface area contributed by atoms with E-state index in [2.05, 4.69) is 25.5 Å². The van der Waals surface area contributed by atoms with Crippen molar-refractivity contribution in [2.45, 2.75) is 0 Å². The monoisotopic (exact) mass is 327 g/mol. The fraction of sp³-hybridized carbons (Fsp3) is 0. The lowest BCUT2D eigenvalue weighted by atomic mass is 10.1. The number of fused-ring (bicyclic) bond motifs is 1. The van der Waals surface area contributed by atoms with E-state index in [9.17, 15) is 4.79 Å². The van der Waals surface area contributed by atoms with E-state index in [-0.39, 0.29) is 5.91 Å². The van der Waals surface area contributed by atoms with Crippen molar-refractivity contribution in [1.29, 1.82) is 0 Å². The van der Waals surface area contributed by atoms with Gasteiger partial charge in [-0.05, 0) is 36.4 Å². The molecule has 0 radical (unpaired) electrons. The summed E-state index contributed by atoms with van der Waals surface area (Å²) in [5.41, 5.74) is 2.77. The molecule has 4 aromatic rings. The molecule has 4 rings (SSSR count). The number of rotatable bonds is 3. The second-order valence-corrected chi connectivity index (χ2v) is 5.38. The molecule has 1 N–H and O–H groups in total. The van der Waals surface area contributed by atoms with E-state index in [1.165, 1.54) is 0 Å². The minimum atomic E-state index is -0.276. The van der Waals surface area contributed by atoms with Gasteiger partial charge in [0.2, 0.25) is 0 Å². The van der Waals surface area contributed by atoms with Gasteiger partial charge in [0.1, 0.15) is 0 Å². The molecule has 3 heterocycles. The first-order valence-electron chi connectivity index (χ1n) is 7.70. The largest absolute Gasteiger partial charge is 0.305 e. The fourth-order valence-corrected chi connectivity index (χ4v) is 2.56. The summed E-state index contributed by atoms with van der Waals surface area (Å²) in [4.78, 5) is 21.4. The summed E-state index contributed by atoms with van der Waals surface area (Å²) in [6, 6.07) is 16.6. The number of nitrogens with zero attached hydrogens (tertiary/aromatic N) is 4. The van der Waals surface area contributed by atoms with Crippen molar-refractivity contribution in [2.75, 3.05) is 5.32 Å². The quantitative estimate of drug-likeness (QED) is 0.624. The van der Waals surface area contributed by atoms with E-state index < -0.39 is 0 Å². The molecular weight excluding hydrogens is 314 g/mol. The summed E-state index contributed by atoms with van der Waals surface area (Å²) in [6.07, 6.45) is 5.01. The summed E-state index contributed by atoms with van der Waals surface area (Å²) < 4.78 is 0. The van der Waals surface area contributed by atoms with E-state index in [0.29, 0.717) is 16.9 Å². The maximum Gasteiger partial charge on any atom is 0.259 e. The zero-order chi connectivity index (χ0) is 17.1. The number of nitrogens with one attached hydrogen (secondary N) is 1. The molecule has 0 spiro atoms. The summed E-state index contributed by atoms with van der Waals surface area (Å²) in [5.74, 6) is 0.120. The van der Waals surface area contributed by atoms with E-state index in [4.69, 9.17) is 0 Å². The molecule has 0 aliphatic rings. The number of benzene rings is 1. The van der Waals surface area contributed by atoms with Crippen molar-refractivity contribution in [3.05, 3.63) is 78.8 Å². The predicted octanol–water partition coefficient (Wildman–Crippen LogP) is 3.34. The fourth-order valence-electron chi connectivity index (χ4n) is 2.56. The summed E-state index contributed by atoms with van der Waals surface area (Å²) in [7, 11) is 0. The Kier molecular flexibility index (Phi) is 3.84. The molecule has 0 bridgehead atoms. The Morgan fingerprint density at radius 3 is 2.64 bits per heavy atom. The van der Waals surface area contributed by atoms with Crippen LogP contribution in [0.3, 0.4) is 0 Å². The number of hydrogen-bond donors (Lipinski definition) is 1. The molecule has 0 aliphatic heterocycles. The first-order valence-corrected chi connectivity index (χ1v) is 7.70. The number of amides is 1. The average molecular weight is 327 g/mol. The Bertz CT molecular complexity index is 1040. The maximum absolute atomic E-state index is 12.6. The normalized spacial score (nSPS) is 10.6. The molecule has 6 nitrogen and oxygen atoms in total. The van der Waals surface area contributed by atoms with Crippen LogP contribution in [0.4, 0.5) is 5.82 Å². The highest BCUT2D eigenvalue weighted by Crippen LogP contribution is 2.23. The highest BCUT2D eigenvalue weighted by Gasteiger charge is 2.13. The van der Waals surface area contributed by atoms with Gasteiger partial charge < -0.3 is 5.32 Å². The van der Waals surface area contributed by atoms with Gasteiger partial charge in [-0.2, -0.15) is 5.10 Å². The number of carbonyl (C=O) groups excluding carboxylic acids is 1. The van der Waals surface area contributed by atoms with Crippen LogP contribution in [0.1, 0.15) is 10.4 Å². The molecule has 3 aromatic heterocycles. The Morgan fingerprint density at radius 2 is 1.84 bits per heavy atom. The number of hydrogen-bond acceptors (Lipinski definition) is 5.